The van der Waals surface area contributed by atoms with Crippen molar-refractivity contribution in [1.82, 2.24) is 0 Å². The molecule has 2 heteroatoms. The molecule has 0 aromatic carbocycles. The van der Waals surface area contributed by atoms with Gasteiger partial charge < -0.3 is 9.28 Å². The van der Waals surface area contributed by atoms with Crippen molar-refractivity contribution in [1.29, 1.82) is 0 Å². The van der Waals surface area contributed by atoms with E-state index < -0.39 is 0 Å². The zero-order chi connectivity index (χ0) is 10.0. The van der Waals surface area contributed by atoms with E-state index in [0.717, 1.165) is 6.29 Å². The molecule has 0 fully saturated rings. The van der Waals surface area contributed by atoms with E-state index in [2.05, 4.69) is 27.7 Å². The minimum atomic E-state index is 0.750. The monoisotopic (exact) mass is 174 g/mol. The average molecular weight is 174 g/mol. The highest BCUT2D eigenvalue weighted by atomic mass is 16.1. The summed E-state index contributed by atoms with van der Waals surface area (Å²) in [6.07, 6.45) is 0.750. The Morgan fingerprint density at radius 1 is 0.917 bits per heavy atom. The predicted octanol–water partition coefficient (Wildman–Crippen LogP) is 2.09. The van der Waals surface area contributed by atoms with Crippen LogP contribution in [0, 0.1) is 0 Å². The Kier molecular flexibility index (Phi) is 10.3. The number of nitrogens with zero attached hydrogens (tertiary/aromatic N) is 1. The average Bonchev–Trinajstić information content (AvgIpc) is 2.11. The van der Waals surface area contributed by atoms with Crippen LogP contribution in [0.3, 0.4) is 0 Å². The van der Waals surface area contributed by atoms with Gasteiger partial charge in [0.25, 0.3) is 0 Å². The summed E-state index contributed by atoms with van der Waals surface area (Å²) in [6.45, 7) is 15.7. The lowest BCUT2D eigenvalue weighted by atomic mass is 10.3. The third-order valence-electron chi connectivity index (χ3n) is 2.68. The molecule has 0 rings (SSSR count). The minimum absolute atomic E-state index is 0.750. The standard InChI is InChI=1S/C8H20N.C2H4O/c1-5-9(6-2,7-3)8-4;1-2-3/h5-8H2,1-4H3;2H,1H3/q+1;. The molecule has 0 spiro atoms. The number of quaternary nitrogens is 1. The molecule has 0 aromatic rings. The molecule has 0 bridgehead atoms. The molecule has 0 saturated heterocycles. The van der Waals surface area contributed by atoms with Gasteiger partial charge in [-0.1, -0.05) is 0 Å². The molecule has 12 heavy (non-hydrogen) atoms. The molecule has 0 saturated carbocycles. The molecule has 0 aliphatic carbocycles. The first-order valence-electron chi connectivity index (χ1n) is 4.91. The molecule has 0 atom stereocenters. The molecule has 0 aliphatic heterocycles. The van der Waals surface area contributed by atoms with Crippen LogP contribution in [-0.4, -0.2) is 36.9 Å². The zero-order valence-electron chi connectivity index (χ0n) is 9.26. The highest BCUT2D eigenvalue weighted by Crippen LogP contribution is 2.03. The number of hydrogen-bond acceptors (Lipinski definition) is 1. The van der Waals surface area contributed by atoms with Gasteiger partial charge >= 0.3 is 0 Å². The van der Waals surface area contributed by atoms with Gasteiger partial charge in [0.1, 0.15) is 6.29 Å². The summed E-state index contributed by atoms with van der Waals surface area (Å²) in [6, 6.07) is 0. The molecule has 0 N–H and O–H groups in total. The Balaban J connectivity index is 0. The van der Waals surface area contributed by atoms with Crippen molar-refractivity contribution in [2.75, 3.05) is 26.2 Å². The molecule has 2 nitrogen and oxygen atoms in total. The van der Waals surface area contributed by atoms with Gasteiger partial charge in [-0.3, -0.25) is 0 Å². The van der Waals surface area contributed by atoms with Gasteiger partial charge in [-0.2, -0.15) is 0 Å². The first-order chi connectivity index (χ1) is 5.66. The van der Waals surface area contributed by atoms with E-state index in [1.807, 2.05) is 0 Å². The largest absolute Gasteiger partial charge is 0.325 e. The van der Waals surface area contributed by atoms with Crippen LogP contribution in [0.15, 0.2) is 0 Å². The van der Waals surface area contributed by atoms with Gasteiger partial charge in [0.15, 0.2) is 0 Å². The SMILES string of the molecule is CC=O.CC[N+](CC)(CC)CC. The van der Waals surface area contributed by atoms with Crippen LogP contribution in [0.1, 0.15) is 34.6 Å². The first kappa shape index (κ1) is 14.2. The Morgan fingerprint density at radius 2 is 1.08 bits per heavy atom. The number of carbonyl (C=O) groups is 1. The van der Waals surface area contributed by atoms with Gasteiger partial charge in [-0.25, -0.2) is 0 Å². The highest BCUT2D eigenvalue weighted by molar-refractivity contribution is 5.44. The van der Waals surface area contributed by atoms with E-state index in [4.69, 9.17) is 4.79 Å². The normalized spacial score (nSPS) is 10.1. The molecule has 0 aromatic heterocycles. The molecule has 0 unspecified atom stereocenters. The quantitative estimate of drug-likeness (QED) is 0.471. The fraction of sp³-hybridized carbons (Fsp3) is 0.900. The summed E-state index contributed by atoms with van der Waals surface area (Å²) < 4.78 is 1.28. The van der Waals surface area contributed by atoms with E-state index >= 15 is 0 Å². The Bertz CT molecular complexity index is 80.5. The van der Waals surface area contributed by atoms with Crippen LogP contribution in [0.4, 0.5) is 0 Å². The zero-order valence-corrected chi connectivity index (χ0v) is 9.26. The number of rotatable bonds is 4. The summed E-state index contributed by atoms with van der Waals surface area (Å²) in [5, 5.41) is 0. The van der Waals surface area contributed by atoms with Crippen molar-refractivity contribution in [2.24, 2.45) is 0 Å². The second kappa shape index (κ2) is 8.72. The number of aldehydes is 1. The number of hydrogen-bond donors (Lipinski definition) is 0. The van der Waals surface area contributed by atoms with Crippen molar-refractivity contribution >= 4 is 6.29 Å². The minimum Gasteiger partial charge on any atom is -0.325 e. The molecule has 0 amide bonds. The van der Waals surface area contributed by atoms with Crippen LogP contribution < -0.4 is 0 Å². The summed E-state index contributed by atoms with van der Waals surface area (Å²) in [4.78, 5) is 8.81. The Labute approximate surface area is 77.2 Å². The molecular weight excluding hydrogens is 150 g/mol. The lowest BCUT2D eigenvalue weighted by molar-refractivity contribution is -0.921. The Hall–Kier alpha value is -0.370. The topological polar surface area (TPSA) is 17.1 Å². The second-order valence-corrected chi connectivity index (χ2v) is 2.84. The van der Waals surface area contributed by atoms with Crippen molar-refractivity contribution in [2.45, 2.75) is 34.6 Å². The van der Waals surface area contributed by atoms with Crippen LogP contribution in [0.2, 0.25) is 0 Å². The van der Waals surface area contributed by atoms with E-state index in [1.165, 1.54) is 37.6 Å². The molecule has 0 radical (unpaired) electrons. The van der Waals surface area contributed by atoms with Crippen molar-refractivity contribution in [3.63, 3.8) is 0 Å². The third-order valence-corrected chi connectivity index (χ3v) is 2.68. The fourth-order valence-electron chi connectivity index (χ4n) is 1.34. The van der Waals surface area contributed by atoms with Crippen molar-refractivity contribution < 1.29 is 9.28 Å². The van der Waals surface area contributed by atoms with E-state index in [-0.39, 0.29) is 0 Å². The van der Waals surface area contributed by atoms with Crippen LogP contribution in [-0.2, 0) is 4.79 Å². The lowest BCUT2D eigenvalue weighted by Crippen LogP contribution is -2.47. The third kappa shape index (κ3) is 5.30. The van der Waals surface area contributed by atoms with Gasteiger partial charge in [-0.05, 0) is 34.6 Å². The van der Waals surface area contributed by atoms with Crippen LogP contribution in [0.5, 0.6) is 0 Å². The highest BCUT2D eigenvalue weighted by Gasteiger charge is 2.16. The van der Waals surface area contributed by atoms with E-state index in [1.54, 1.807) is 0 Å². The van der Waals surface area contributed by atoms with Crippen LogP contribution in [0.25, 0.3) is 0 Å². The van der Waals surface area contributed by atoms with Gasteiger partial charge in [0, 0.05) is 0 Å². The second-order valence-electron chi connectivity index (χ2n) is 2.84. The summed E-state index contributed by atoms with van der Waals surface area (Å²) in [7, 11) is 0. The fourth-order valence-corrected chi connectivity index (χ4v) is 1.34. The molecule has 0 heterocycles. The predicted molar refractivity (Wildman–Crippen MR) is 54.2 cm³/mol. The maximum absolute atomic E-state index is 8.81. The molecule has 74 valence electrons. The lowest BCUT2D eigenvalue weighted by Gasteiger charge is -2.34. The maximum atomic E-state index is 8.81. The smallest absolute Gasteiger partial charge is 0.116 e. The summed E-state index contributed by atoms with van der Waals surface area (Å²) in [5.41, 5.74) is 0. The summed E-state index contributed by atoms with van der Waals surface area (Å²) in [5.74, 6) is 0. The van der Waals surface area contributed by atoms with Gasteiger partial charge in [0.2, 0.25) is 0 Å². The molecular formula is C10H24NO+. The van der Waals surface area contributed by atoms with Crippen LogP contribution >= 0.6 is 0 Å². The van der Waals surface area contributed by atoms with E-state index in [0.29, 0.717) is 0 Å². The van der Waals surface area contributed by atoms with Crippen molar-refractivity contribution in [3.8, 4) is 0 Å². The van der Waals surface area contributed by atoms with E-state index in [9.17, 15) is 0 Å². The number of carbonyl (C=O) groups excluding carboxylic acids is 1. The van der Waals surface area contributed by atoms with Gasteiger partial charge in [-0.15, -0.1) is 0 Å². The summed E-state index contributed by atoms with van der Waals surface area (Å²) >= 11 is 0. The van der Waals surface area contributed by atoms with Gasteiger partial charge in [0.05, 0.1) is 26.2 Å². The first-order valence-corrected chi connectivity index (χ1v) is 4.91. The maximum Gasteiger partial charge on any atom is 0.116 e. The molecule has 0 aliphatic rings. The van der Waals surface area contributed by atoms with Crippen molar-refractivity contribution in [3.05, 3.63) is 0 Å². The Morgan fingerprint density at radius 3 is 1.08 bits per heavy atom.